The summed E-state index contributed by atoms with van der Waals surface area (Å²) in [5.74, 6) is 0.999. The maximum atomic E-state index is 4.37. The van der Waals surface area contributed by atoms with Crippen LogP contribution in [0.3, 0.4) is 0 Å². The standard InChI is InChI=1S/C16H18N2S/c1-18(14-7-8-14)15-9-16(11-17-10-15)19-12-13-5-3-2-4-6-13/h2-6,9-11,14H,7-8,12H2,1H3. The Morgan fingerprint density at radius 3 is 2.74 bits per heavy atom. The first-order valence-corrected chi connectivity index (χ1v) is 7.66. The summed E-state index contributed by atoms with van der Waals surface area (Å²) in [4.78, 5) is 7.96. The van der Waals surface area contributed by atoms with E-state index in [9.17, 15) is 0 Å². The average molecular weight is 270 g/mol. The van der Waals surface area contributed by atoms with Gasteiger partial charge in [0, 0.05) is 29.9 Å². The highest BCUT2D eigenvalue weighted by Crippen LogP contribution is 2.32. The van der Waals surface area contributed by atoms with Crippen LogP contribution >= 0.6 is 11.8 Å². The van der Waals surface area contributed by atoms with E-state index in [0.717, 1.165) is 11.8 Å². The van der Waals surface area contributed by atoms with E-state index in [4.69, 9.17) is 0 Å². The van der Waals surface area contributed by atoms with Gasteiger partial charge in [-0.25, -0.2) is 0 Å². The van der Waals surface area contributed by atoms with Gasteiger partial charge in [-0.3, -0.25) is 4.98 Å². The average Bonchev–Trinajstić information content (AvgIpc) is 3.30. The van der Waals surface area contributed by atoms with Crippen LogP contribution in [0, 0.1) is 0 Å². The van der Waals surface area contributed by atoms with Crippen LogP contribution in [-0.2, 0) is 5.75 Å². The molecule has 19 heavy (non-hydrogen) atoms. The van der Waals surface area contributed by atoms with Crippen molar-refractivity contribution in [2.24, 2.45) is 0 Å². The first-order chi connectivity index (χ1) is 9.33. The Kier molecular flexibility index (Phi) is 3.74. The zero-order valence-corrected chi connectivity index (χ0v) is 11.9. The van der Waals surface area contributed by atoms with E-state index < -0.39 is 0 Å². The van der Waals surface area contributed by atoms with Crippen LogP contribution in [0.15, 0.2) is 53.7 Å². The molecule has 3 rings (SSSR count). The van der Waals surface area contributed by atoms with Crippen LogP contribution < -0.4 is 4.90 Å². The van der Waals surface area contributed by atoms with Gasteiger partial charge >= 0.3 is 0 Å². The Bertz CT molecular complexity index is 537. The van der Waals surface area contributed by atoms with Crippen LogP contribution in [0.2, 0.25) is 0 Å². The SMILES string of the molecule is CN(c1cncc(SCc2ccccc2)c1)C1CC1. The molecule has 1 aliphatic carbocycles. The minimum Gasteiger partial charge on any atom is -0.370 e. The predicted molar refractivity (Wildman–Crippen MR) is 81.7 cm³/mol. The zero-order chi connectivity index (χ0) is 13.1. The number of hydrogen-bond acceptors (Lipinski definition) is 3. The van der Waals surface area contributed by atoms with Gasteiger partial charge in [0.2, 0.25) is 0 Å². The van der Waals surface area contributed by atoms with Gasteiger partial charge in [-0.2, -0.15) is 0 Å². The van der Waals surface area contributed by atoms with E-state index in [1.165, 1.54) is 29.0 Å². The molecule has 0 atom stereocenters. The molecule has 0 aliphatic heterocycles. The third kappa shape index (κ3) is 3.29. The van der Waals surface area contributed by atoms with E-state index in [1.54, 1.807) is 0 Å². The van der Waals surface area contributed by atoms with Crippen molar-refractivity contribution in [2.75, 3.05) is 11.9 Å². The lowest BCUT2D eigenvalue weighted by molar-refractivity contribution is 0.908. The molecule has 1 fully saturated rings. The van der Waals surface area contributed by atoms with Crippen LogP contribution in [0.1, 0.15) is 18.4 Å². The lowest BCUT2D eigenvalue weighted by Gasteiger charge is -2.18. The second kappa shape index (κ2) is 5.66. The summed E-state index contributed by atoms with van der Waals surface area (Å²) in [5, 5.41) is 0. The maximum absolute atomic E-state index is 4.37. The molecule has 1 heterocycles. The summed E-state index contributed by atoms with van der Waals surface area (Å²) in [7, 11) is 2.17. The molecule has 0 spiro atoms. The number of anilines is 1. The number of hydrogen-bond donors (Lipinski definition) is 0. The molecule has 98 valence electrons. The molecule has 0 unspecified atom stereocenters. The molecule has 0 bridgehead atoms. The van der Waals surface area contributed by atoms with Crippen LogP contribution in [0.5, 0.6) is 0 Å². The fraction of sp³-hybridized carbons (Fsp3) is 0.312. The molecule has 1 aromatic heterocycles. The first-order valence-electron chi connectivity index (χ1n) is 6.67. The Balaban J connectivity index is 1.66. The summed E-state index contributed by atoms with van der Waals surface area (Å²) < 4.78 is 0. The lowest BCUT2D eigenvalue weighted by atomic mass is 10.2. The molecule has 3 heteroatoms. The van der Waals surface area contributed by atoms with Crippen molar-refractivity contribution in [3.05, 3.63) is 54.4 Å². The van der Waals surface area contributed by atoms with Crippen molar-refractivity contribution in [2.45, 2.75) is 29.5 Å². The largest absolute Gasteiger partial charge is 0.370 e. The van der Waals surface area contributed by atoms with Gasteiger partial charge < -0.3 is 4.90 Å². The summed E-state index contributed by atoms with van der Waals surface area (Å²) in [6.07, 6.45) is 6.55. The molecule has 0 N–H and O–H groups in total. The van der Waals surface area contributed by atoms with Crippen LogP contribution in [0.25, 0.3) is 0 Å². The van der Waals surface area contributed by atoms with E-state index in [0.29, 0.717) is 0 Å². The van der Waals surface area contributed by atoms with Crippen molar-refractivity contribution >= 4 is 17.4 Å². The van der Waals surface area contributed by atoms with Crippen molar-refractivity contribution in [1.82, 2.24) is 4.98 Å². The molecule has 1 aliphatic rings. The van der Waals surface area contributed by atoms with Gasteiger partial charge in [-0.15, -0.1) is 11.8 Å². The van der Waals surface area contributed by atoms with E-state index in [-0.39, 0.29) is 0 Å². The predicted octanol–water partition coefficient (Wildman–Crippen LogP) is 3.97. The molecular formula is C16H18N2S. The molecule has 0 saturated heterocycles. The van der Waals surface area contributed by atoms with Crippen molar-refractivity contribution in [3.63, 3.8) is 0 Å². The van der Waals surface area contributed by atoms with Gasteiger partial charge in [-0.1, -0.05) is 30.3 Å². The number of rotatable bonds is 5. The maximum Gasteiger partial charge on any atom is 0.0563 e. The minimum atomic E-state index is 0.733. The van der Waals surface area contributed by atoms with Crippen molar-refractivity contribution in [3.8, 4) is 0 Å². The van der Waals surface area contributed by atoms with E-state index >= 15 is 0 Å². The monoisotopic (exact) mass is 270 g/mol. The van der Waals surface area contributed by atoms with Crippen molar-refractivity contribution < 1.29 is 0 Å². The zero-order valence-electron chi connectivity index (χ0n) is 11.1. The normalized spacial score (nSPS) is 14.4. The van der Waals surface area contributed by atoms with Crippen LogP contribution in [0.4, 0.5) is 5.69 Å². The number of thioether (sulfide) groups is 1. The molecular weight excluding hydrogens is 252 g/mol. The first kappa shape index (κ1) is 12.5. The highest BCUT2D eigenvalue weighted by molar-refractivity contribution is 7.98. The molecule has 1 saturated carbocycles. The number of aromatic nitrogens is 1. The van der Waals surface area contributed by atoms with Gasteiger partial charge in [0.05, 0.1) is 11.9 Å². The fourth-order valence-electron chi connectivity index (χ4n) is 2.09. The number of benzene rings is 1. The Morgan fingerprint density at radius 2 is 2.00 bits per heavy atom. The number of pyridine rings is 1. The summed E-state index contributed by atoms with van der Waals surface area (Å²) >= 11 is 1.85. The topological polar surface area (TPSA) is 16.1 Å². The summed E-state index contributed by atoms with van der Waals surface area (Å²) in [6, 6.07) is 13.5. The quantitative estimate of drug-likeness (QED) is 0.765. The summed E-state index contributed by atoms with van der Waals surface area (Å²) in [6.45, 7) is 0. The Labute approximate surface area is 118 Å². The highest BCUT2D eigenvalue weighted by Gasteiger charge is 2.26. The third-order valence-corrected chi connectivity index (χ3v) is 4.48. The molecule has 0 radical (unpaired) electrons. The number of nitrogens with zero attached hydrogens (tertiary/aromatic N) is 2. The van der Waals surface area contributed by atoms with Gasteiger partial charge in [0.15, 0.2) is 0 Å². The van der Waals surface area contributed by atoms with Gasteiger partial charge in [-0.05, 0) is 24.5 Å². The third-order valence-electron chi connectivity index (χ3n) is 3.45. The molecule has 2 aromatic rings. The lowest BCUT2D eigenvalue weighted by Crippen LogP contribution is -2.19. The molecule has 0 amide bonds. The molecule has 1 aromatic carbocycles. The molecule has 2 nitrogen and oxygen atoms in total. The minimum absolute atomic E-state index is 0.733. The van der Waals surface area contributed by atoms with Crippen molar-refractivity contribution in [1.29, 1.82) is 0 Å². The second-order valence-corrected chi connectivity index (χ2v) is 6.04. The van der Waals surface area contributed by atoms with Gasteiger partial charge in [0.25, 0.3) is 0 Å². The smallest absolute Gasteiger partial charge is 0.0563 e. The Morgan fingerprint density at radius 1 is 1.21 bits per heavy atom. The summed E-state index contributed by atoms with van der Waals surface area (Å²) in [5.41, 5.74) is 2.59. The van der Waals surface area contributed by atoms with E-state index in [1.807, 2.05) is 24.2 Å². The second-order valence-electron chi connectivity index (χ2n) is 5.00. The fourth-order valence-corrected chi connectivity index (χ4v) is 2.96. The highest BCUT2D eigenvalue weighted by atomic mass is 32.2. The Hall–Kier alpha value is -1.48. The van der Waals surface area contributed by atoms with Gasteiger partial charge in [0.1, 0.15) is 0 Å². The van der Waals surface area contributed by atoms with E-state index in [2.05, 4.69) is 53.3 Å². The van der Waals surface area contributed by atoms with Crippen LogP contribution in [-0.4, -0.2) is 18.1 Å².